The van der Waals surface area contributed by atoms with Gasteiger partial charge in [-0.05, 0) is 25.2 Å². The molecule has 0 radical (unpaired) electrons. The third-order valence-corrected chi connectivity index (χ3v) is 5.72. The van der Waals surface area contributed by atoms with Crippen molar-refractivity contribution in [2.45, 2.75) is 39.8 Å². The Bertz CT molecular complexity index is 171. The summed E-state index contributed by atoms with van der Waals surface area (Å²) in [5.41, 5.74) is 0.368. The van der Waals surface area contributed by atoms with E-state index in [1.807, 2.05) is 13.3 Å². The van der Waals surface area contributed by atoms with E-state index < -0.39 is 7.14 Å². The predicted molar refractivity (Wildman–Crippen MR) is 57.5 cm³/mol. The second-order valence-corrected chi connectivity index (χ2v) is 8.10. The van der Waals surface area contributed by atoms with Crippen molar-refractivity contribution in [2.24, 2.45) is 11.8 Å². The third-order valence-electron chi connectivity index (χ3n) is 3.28. The summed E-state index contributed by atoms with van der Waals surface area (Å²) < 4.78 is 11.8. The van der Waals surface area contributed by atoms with Gasteiger partial charge in [0.1, 0.15) is 0 Å². The molecule has 0 bridgehead atoms. The number of hydrogen-bond donors (Lipinski definition) is 0. The highest BCUT2D eigenvalue weighted by Gasteiger charge is 2.26. The van der Waals surface area contributed by atoms with Crippen molar-refractivity contribution in [3.8, 4) is 0 Å². The molecule has 3 unspecified atom stereocenters. The van der Waals surface area contributed by atoms with Crippen LogP contribution in [0.5, 0.6) is 0 Å². The molecule has 0 aromatic rings. The van der Waals surface area contributed by atoms with Crippen LogP contribution in [0, 0.1) is 11.8 Å². The summed E-state index contributed by atoms with van der Waals surface area (Å²) in [6, 6.07) is 0. The average Bonchev–Trinajstić information content (AvgIpc) is 1.98. The van der Waals surface area contributed by atoms with Gasteiger partial charge in [0.15, 0.2) is 0 Å². The quantitative estimate of drug-likeness (QED) is 0.618. The molecule has 3 atom stereocenters. The van der Waals surface area contributed by atoms with Crippen molar-refractivity contribution in [1.82, 2.24) is 0 Å². The van der Waals surface area contributed by atoms with Crippen LogP contribution < -0.4 is 0 Å². The summed E-state index contributed by atoms with van der Waals surface area (Å²) in [6.45, 7) is 12.6. The third kappa shape index (κ3) is 3.31. The summed E-state index contributed by atoms with van der Waals surface area (Å²) in [5, 5.41) is 0. The first-order valence-corrected chi connectivity index (χ1v) is 7.52. The maximum absolute atomic E-state index is 11.8. The summed E-state index contributed by atoms with van der Waals surface area (Å²) >= 11 is 0. The first-order chi connectivity index (χ1) is 5.30. The van der Waals surface area contributed by atoms with Gasteiger partial charge in [-0.25, -0.2) is 0 Å². The largest absolute Gasteiger partial charge is 0.324 e. The lowest BCUT2D eigenvalue weighted by atomic mass is 9.91. The van der Waals surface area contributed by atoms with Gasteiger partial charge in [-0.1, -0.05) is 34.1 Å². The highest BCUT2D eigenvalue weighted by Crippen LogP contribution is 2.47. The van der Waals surface area contributed by atoms with Gasteiger partial charge in [-0.15, -0.1) is 0 Å². The standard InChI is InChI=1S/C10H23OP/c1-7-8(2)9(3)10(4)12(5,6)11/h8-10H,7H2,1-6H3. The van der Waals surface area contributed by atoms with Crippen molar-refractivity contribution in [1.29, 1.82) is 0 Å². The van der Waals surface area contributed by atoms with Gasteiger partial charge in [0.25, 0.3) is 0 Å². The van der Waals surface area contributed by atoms with E-state index in [2.05, 4.69) is 27.7 Å². The average molecular weight is 190 g/mol. The smallest absolute Gasteiger partial charge is 0.0848 e. The van der Waals surface area contributed by atoms with Gasteiger partial charge < -0.3 is 4.57 Å². The van der Waals surface area contributed by atoms with Gasteiger partial charge in [0.05, 0.1) is 7.14 Å². The molecule has 12 heavy (non-hydrogen) atoms. The first-order valence-electron chi connectivity index (χ1n) is 4.85. The molecular formula is C10H23OP. The molecule has 0 aliphatic heterocycles. The van der Waals surface area contributed by atoms with Crippen LogP contribution in [0.2, 0.25) is 0 Å². The molecule has 0 fully saturated rings. The molecule has 0 aromatic carbocycles. The molecule has 74 valence electrons. The van der Waals surface area contributed by atoms with E-state index in [1.54, 1.807) is 0 Å². The van der Waals surface area contributed by atoms with E-state index in [9.17, 15) is 4.57 Å². The topological polar surface area (TPSA) is 17.1 Å². The minimum atomic E-state index is -1.88. The fourth-order valence-electron chi connectivity index (χ4n) is 1.41. The van der Waals surface area contributed by atoms with Crippen LogP contribution in [-0.2, 0) is 4.57 Å². The Balaban J connectivity index is 4.29. The Kier molecular flexibility index (Phi) is 4.55. The zero-order valence-corrected chi connectivity index (χ0v) is 10.2. The van der Waals surface area contributed by atoms with Gasteiger partial charge in [-0.3, -0.25) is 0 Å². The molecule has 0 spiro atoms. The van der Waals surface area contributed by atoms with E-state index >= 15 is 0 Å². The van der Waals surface area contributed by atoms with Crippen LogP contribution in [0.1, 0.15) is 34.1 Å². The summed E-state index contributed by atoms with van der Waals surface area (Å²) in [7, 11) is -1.88. The van der Waals surface area contributed by atoms with E-state index in [-0.39, 0.29) is 0 Å². The van der Waals surface area contributed by atoms with Crippen molar-refractivity contribution >= 4 is 7.14 Å². The molecule has 0 N–H and O–H groups in total. The van der Waals surface area contributed by atoms with Crippen LogP contribution in [-0.4, -0.2) is 19.0 Å². The van der Waals surface area contributed by atoms with Gasteiger partial charge >= 0.3 is 0 Å². The van der Waals surface area contributed by atoms with Crippen molar-refractivity contribution < 1.29 is 4.57 Å². The van der Waals surface area contributed by atoms with Crippen molar-refractivity contribution in [3.63, 3.8) is 0 Å². The molecule has 0 aromatic heterocycles. The maximum atomic E-state index is 11.8. The molecule has 0 aliphatic carbocycles. The van der Waals surface area contributed by atoms with E-state index in [0.29, 0.717) is 17.5 Å². The summed E-state index contributed by atoms with van der Waals surface area (Å²) in [6.07, 6.45) is 1.19. The van der Waals surface area contributed by atoms with E-state index in [1.165, 1.54) is 6.42 Å². The summed E-state index contributed by atoms with van der Waals surface area (Å²) in [4.78, 5) is 0. The Hall–Kier alpha value is 0.230. The SMILES string of the molecule is CCC(C)C(C)C(C)P(C)(C)=O. The first kappa shape index (κ1) is 12.2. The van der Waals surface area contributed by atoms with Crippen molar-refractivity contribution in [2.75, 3.05) is 13.3 Å². The van der Waals surface area contributed by atoms with Crippen molar-refractivity contribution in [3.05, 3.63) is 0 Å². The highest BCUT2D eigenvalue weighted by molar-refractivity contribution is 7.63. The minimum absolute atomic E-state index is 0.368. The molecule has 0 rings (SSSR count). The Labute approximate surface area is 77.3 Å². The molecular weight excluding hydrogens is 167 g/mol. The number of rotatable bonds is 4. The maximum Gasteiger partial charge on any atom is 0.0848 e. The molecule has 1 nitrogen and oxygen atoms in total. The Morgan fingerprint density at radius 3 is 1.83 bits per heavy atom. The van der Waals surface area contributed by atoms with Gasteiger partial charge in [0.2, 0.25) is 0 Å². The van der Waals surface area contributed by atoms with Crippen LogP contribution in [0.3, 0.4) is 0 Å². The van der Waals surface area contributed by atoms with Crippen LogP contribution in [0.25, 0.3) is 0 Å². The molecule has 0 saturated heterocycles. The fraction of sp³-hybridized carbons (Fsp3) is 1.00. The highest BCUT2D eigenvalue weighted by atomic mass is 31.2. The molecule has 0 aliphatic rings. The lowest BCUT2D eigenvalue weighted by molar-refractivity contribution is 0.366. The monoisotopic (exact) mass is 190 g/mol. The van der Waals surface area contributed by atoms with E-state index in [0.717, 1.165) is 0 Å². The van der Waals surface area contributed by atoms with Gasteiger partial charge in [-0.2, -0.15) is 0 Å². The molecule has 0 saturated carbocycles. The predicted octanol–water partition coefficient (Wildman–Crippen LogP) is 3.68. The van der Waals surface area contributed by atoms with Crippen LogP contribution in [0.15, 0.2) is 0 Å². The zero-order chi connectivity index (χ0) is 9.94. The minimum Gasteiger partial charge on any atom is -0.324 e. The lowest BCUT2D eigenvalue weighted by Crippen LogP contribution is -2.20. The zero-order valence-electron chi connectivity index (χ0n) is 9.29. The molecule has 0 amide bonds. The lowest BCUT2D eigenvalue weighted by Gasteiger charge is -2.28. The Morgan fingerprint density at radius 1 is 1.17 bits per heavy atom. The van der Waals surface area contributed by atoms with E-state index in [4.69, 9.17) is 0 Å². The van der Waals surface area contributed by atoms with Crippen LogP contribution >= 0.6 is 7.14 Å². The fourth-order valence-corrected chi connectivity index (χ4v) is 2.84. The second-order valence-electron chi connectivity index (χ2n) is 4.42. The van der Waals surface area contributed by atoms with Gasteiger partial charge in [0, 0.05) is 5.66 Å². The second kappa shape index (κ2) is 4.46. The Morgan fingerprint density at radius 2 is 1.58 bits per heavy atom. The number of hydrogen-bond acceptors (Lipinski definition) is 1. The van der Waals surface area contributed by atoms with Crippen LogP contribution in [0.4, 0.5) is 0 Å². The molecule has 0 heterocycles. The summed E-state index contributed by atoms with van der Waals surface area (Å²) in [5.74, 6) is 1.27. The molecule has 2 heteroatoms. The normalized spacial score (nSPS) is 20.2.